The molecule has 9 heteroatoms. The van der Waals surface area contributed by atoms with Gasteiger partial charge in [-0.1, -0.05) is 54.5 Å². The number of hydrogen-bond donors (Lipinski definition) is 0. The van der Waals surface area contributed by atoms with Gasteiger partial charge < -0.3 is 4.74 Å². The minimum absolute atomic E-state index is 0.0424. The van der Waals surface area contributed by atoms with E-state index in [1.807, 2.05) is 0 Å². The molecule has 0 aliphatic rings. The highest BCUT2D eigenvalue weighted by atomic mass is 79.9. The monoisotopic (exact) mass is 404 g/mol. The quantitative estimate of drug-likeness (QED) is 0.222. The lowest BCUT2D eigenvalue weighted by Crippen LogP contribution is -2.55. The van der Waals surface area contributed by atoms with Crippen LogP contribution in [0.3, 0.4) is 0 Å². The molecule has 0 aromatic rings. The third-order valence-electron chi connectivity index (χ3n) is 3.06. The first-order chi connectivity index (χ1) is 10.1. The van der Waals surface area contributed by atoms with Gasteiger partial charge in [-0.05, 0) is 12.8 Å². The first-order valence-corrected chi connectivity index (χ1v) is 8.20. The van der Waals surface area contributed by atoms with Crippen molar-refractivity contribution >= 4 is 15.9 Å². The van der Waals surface area contributed by atoms with Gasteiger partial charge in [0.05, 0.1) is 6.61 Å². The maximum atomic E-state index is 13.1. The summed E-state index contributed by atoms with van der Waals surface area (Å²) in [5.41, 5.74) is 0. The minimum Gasteiger partial charge on any atom is -0.332 e. The van der Waals surface area contributed by atoms with Crippen molar-refractivity contribution in [1.29, 1.82) is 0 Å². The summed E-state index contributed by atoms with van der Waals surface area (Å²) in [4.78, 5) is 0. The SMILES string of the molecule is FC(F)(F)C(F)(OCCCCCCCCCCBr)C(F)(F)F. The number of rotatable bonds is 11. The first-order valence-electron chi connectivity index (χ1n) is 7.08. The molecule has 0 aromatic heterocycles. The fraction of sp³-hybridized carbons (Fsp3) is 1.00. The Balaban J connectivity index is 3.89. The van der Waals surface area contributed by atoms with Gasteiger partial charge in [0.15, 0.2) is 0 Å². The average Bonchev–Trinajstić information content (AvgIpc) is 2.38. The molecule has 0 rings (SSSR count). The standard InChI is InChI=1S/C13H20BrF7O/c14-9-7-5-3-1-2-4-6-8-10-22-11(15,12(16,17)18)13(19,20)21/h1-10H2. The second kappa shape index (κ2) is 9.95. The minimum atomic E-state index is -6.14. The normalized spacial score (nSPS) is 13.6. The van der Waals surface area contributed by atoms with Gasteiger partial charge in [0.25, 0.3) is 0 Å². The van der Waals surface area contributed by atoms with Gasteiger partial charge in [-0.3, -0.25) is 0 Å². The summed E-state index contributed by atoms with van der Waals surface area (Å²) in [6.45, 7) is -0.918. The van der Waals surface area contributed by atoms with E-state index in [0.29, 0.717) is 12.8 Å². The summed E-state index contributed by atoms with van der Waals surface area (Å²) in [7, 11) is 0. The van der Waals surface area contributed by atoms with Crippen LogP contribution in [0.1, 0.15) is 51.4 Å². The van der Waals surface area contributed by atoms with Crippen molar-refractivity contribution in [3.8, 4) is 0 Å². The van der Waals surface area contributed by atoms with Crippen molar-refractivity contribution < 1.29 is 35.5 Å². The van der Waals surface area contributed by atoms with E-state index in [1.165, 1.54) is 0 Å². The Morgan fingerprint density at radius 2 is 0.955 bits per heavy atom. The molecule has 0 saturated carbocycles. The van der Waals surface area contributed by atoms with Crippen LogP contribution in [0.15, 0.2) is 0 Å². The summed E-state index contributed by atoms with van der Waals surface area (Å²) in [6, 6.07) is 0. The zero-order valence-corrected chi connectivity index (χ0v) is 13.6. The maximum Gasteiger partial charge on any atom is 0.458 e. The smallest absolute Gasteiger partial charge is 0.332 e. The summed E-state index contributed by atoms with van der Waals surface area (Å²) < 4.78 is 89.5. The van der Waals surface area contributed by atoms with Gasteiger partial charge in [-0.2, -0.15) is 30.7 Å². The lowest BCUT2D eigenvalue weighted by Gasteiger charge is -2.29. The van der Waals surface area contributed by atoms with Gasteiger partial charge in [-0.25, -0.2) is 0 Å². The fourth-order valence-corrected chi connectivity index (χ4v) is 2.19. The molecule has 0 aliphatic carbocycles. The topological polar surface area (TPSA) is 9.23 Å². The van der Waals surface area contributed by atoms with Gasteiger partial charge in [0, 0.05) is 5.33 Å². The molecule has 0 unspecified atom stereocenters. The molecular weight excluding hydrogens is 385 g/mol. The third kappa shape index (κ3) is 7.48. The Bertz CT molecular complexity index is 277. The van der Waals surface area contributed by atoms with Gasteiger partial charge in [0.2, 0.25) is 0 Å². The molecule has 0 heterocycles. The highest BCUT2D eigenvalue weighted by Crippen LogP contribution is 2.46. The van der Waals surface area contributed by atoms with Gasteiger partial charge in [-0.15, -0.1) is 0 Å². The van der Waals surface area contributed by atoms with Gasteiger partial charge >= 0.3 is 18.2 Å². The van der Waals surface area contributed by atoms with Crippen LogP contribution >= 0.6 is 15.9 Å². The van der Waals surface area contributed by atoms with E-state index >= 15 is 0 Å². The molecule has 0 spiro atoms. The van der Waals surface area contributed by atoms with Crippen LogP contribution < -0.4 is 0 Å². The summed E-state index contributed by atoms with van der Waals surface area (Å²) in [5.74, 6) is -5.59. The summed E-state index contributed by atoms with van der Waals surface area (Å²) in [5, 5.41) is 0.938. The number of hydrogen-bond acceptors (Lipinski definition) is 1. The molecule has 0 N–H and O–H groups in total. The fourth-order valence-electron chi connectivity index (χ4n) is 1.79. The second-order valence-electron chi connectivity index (χ2n) is 4.96. The maximum absolute atomic E-state index is 13.1. The zero-order valence-electron chi connectivity index (χ0n) is 12.0. The van der Waals surface area contributed by atoms with Crippen molar-refractivity contribution in [2.45, 2.75) is 69.6 Å². The van der Waals surface area contributed by atoms with Crippen LogP contribution in [-0.4, -0.2) is 30.1 Å². The highest BCUT2D eigenvalue weighted by molar-refractivity contribution is 9.09. The molecule has 0 fully saturated rings. The predicted octanol–water partition coefficient (Wildman–Crippen LogP) is 6.31. The molecule has 0 saturated heterocycles. The molecule has 0 amide bonds. The van der Waals surface area contributed by atoms with Crippen molar-refractivity contribution in [1.82, 2.24) is 0 Å². The van der Waals surface area contributed by atoms with E-state index in [1.54, 1.807) is 0 Å². The number of ether oxygens (including phenoxy) is 1. The van der Waals surface area contributed by atoms with Crippen LogP contribution in [0.5, 0.6) is 0 Å². The molecule has 0 radical (unpaired) electrons. The molecule has 0 atom stereocenters. The number of alkyl halides is 8. The van der Waals surface area contributed by atoms with E-state index in [9.17, 15) is 30.7 Å². The van der Waals surface area contributed by atoms with Crippen LogP contribution in [-0.2, 0) is 4.74 Å². The second-order valence-corrected chi connectivity index (χ2v) is 5.75. The lowest BCUT2D eigenvalue weighted by molar-refractivity contribution is -0.430. The van der Waals surface area contributed by atoms with Gasteiger partial charge in [0.1, 0.15) is 0 Å². The summed E-state index contributed by atoms with van der Waals surface area (Å²) >= 11 is 3.30. The average molecular weight is 405 g/mol. The Labute approximate surface area is 133 Å². The van der Waals surface area contributed by atoms with Crippen molar-refractivity contribution in [3.63, 3.8) is 0 Å². The molecule has 22 heavy (non-hydrogen) atoms. The predicted molar refractivity (Wildman–Crippen MR) is 72.6 cm³/mol. The number of unbranched alkanes of at least 4 members (excludes halogenated alkanes) is 7. The van der Waals surface area contributed by atoms with E-state index < -0.39 is 24.8 Å². The molecule has 0 aromatic carbocycles. The van der Waals surface area contributed by atoms with Crippen molar-refractivity contribution in [2.75, 3.05) is 11.9 Å². The zero-order chi connectivity index (χ0) is 17.3. The van der Waals surface area contributed by atoms with Crippen LogP contribution in [0.2, 0.25) is 0 Å². The molecular formula is C13H20BrF7O. The molecule has 1 nitrogen and oxygen atoms in total. The largest absolute Gasteiger partial charge is 0.458 e. The molecule has 134 valence electrons. The van der Waals surface area contributed by atoms with E-state index in [2.05, 4.69) is 20.7 Å². The van der Waals surface area contributed by atoms with E-state index in [0.717, 1.165) is 37.4 Å². The Kier molecular flexibility index (Phi) is 9.93. The Morgan fingerprint density at radius 1 is 0.591 bits per heavy atom. The summed E-state index contributed by atoms with van der Waals surface area (Å²) in [6.07, 6.45) is -6.23. The molecule has 0 aliphatic heterocycles. The number of halogens is 8. The van der Waals surface area contributed by atoms with Crippen molar-refractivity contribution in [3.05, 3.63) is 0 Å². The highest BCUT2D eigenvalue weighted by Gasteiger charge is 2.74. The molecule has 0 bridgehead atoms. The van der Waals surface area contributed by atoms with Crippen molar-refractivity contribution in [2.24, 2.45) is 0 Å². The first kappa shape index (κ1) is 21.9. The lowest BCUT2D eigenvalue weighted by atomic mass is 10.1. The Hall–Kier alpha value is -0.0500. The Morgan fingerprint density at radius 3 is 1.32 bits per heavy atom. The van der Waals surface area contributed by atoms with Crippen LogP contribution in [0.25, 0.3) is 0 Å². The third-order valence-corrected chi connectivity index (χ3v) is 3.62. The van der Waals surface area contributed by atoms with Crippen LogP contribution in [0, 0.1) is 0 Å². The van der Waals surface area contributed by atoms with E-state index in [-0.39, 0.29) is 6.42 Å². The van der Waals surface area contributed by atoms with Crippen LogP contribution in [0.4, 0.5) is 30.7 Å². The van der Waals surface area contributed by atoms with E-state index in [4.69, 9.17) is 0 Å².